The van der Waals surface area contributed by atoms with E-state index in [2.05, 4.69) is 13.1 Å². The summed E-state index contributed by atoms with van der Waals surface area (Å²) >= 11 is 0. The molecule has 0 saturated heterocycles. The minimum absolute atomic E-state index is 0.748. The number of ether oxygens (including phenoxy) is 1. The number of para-hydroxylation sites is 2. The van der Waals surface area contributed by atoms with Gasteiger partial charge < -0.3 is 9.30 Å². The molecule has 0 aliphatic rings. The van der Waals surface area contributed by atoms with E-state index in [1.807, 2.05) is 47.2 Å². The number of rotatable bonds is 4. The molecule has 0 aliphatic heterocycles. The Labute approximate surface area is 90.1 Å². The van der Waals surface area contributed by atoms with Gasteiger partial charge in [-0.1, -0.05) is 19.1 Å². The van der Waals surface area contributed by atoms with E-state index in [1.165, 1.54) is 0 Å². The minimum Gasteiger partial charge on any atom is -0.491 e. The Kier molecular flexibility index (Phi) is 3.08. The van der Waals surface area contributed by atoms with Crippen molar-refractivity contribution in [3.05, 3.63) is 48.8 Å². The van der Waals surface area contributed by atoms with Gasteiger partial charge in [0, 0.05) is 6.20 Å². The molecule has 0 atom stereocenters. The third-order valence-electron chi connectivity index (χ3n) is 2.13. The third kappa shape index (κ3) is 2.21. The maximum absolute atomic E-state index is 5.67. The number of hydrogen-bond acceptors (Lipinski definition) is 1. The Morgan fingerprint density at radius 3 is 2.87 bits per heavy atom. The molecule has 1 radical (unpaired) electrons. The van der Waals surface area contributed by atoms with Crippen LogP contribution >= 0.6 is 0 Å². The van der Waals surface area contributed by atoms with Gasteiger partial charge in [-0.3, -0.25) is 0 Å². The predicted molar refractivity (Wildman–Crippen MR) is 60.4 cm³/mol. The van der Waals surface area contributed by atoms with Gasteiger partial charge in [0.2, 0.25) is 0 Å². The van der Waals surface area contributed by atoms with Crippen LogP contribution in [0.2, 0.25) is 0 Å². The number of benzene rings is 1. The van der Waals surface area contributed by atoms with Crippen molar-refractivity contribution in [2.75, 3.05) is 6.61 Å². The van der Waals surface area contributed by atoms with E-state index in [0.29, 0.717) is 0 Å². The third-order valence-corrected chi connectivity index (χ3v) is 2.13. The molecule has 0 amide bonds. The first-order valence-electron chi connectivity index (χ1n) is 5.19. The second-order valence-electron chi connectivity index (χ2n) is 3.32. The highest BCUT2D eigenvalue weighted by Gasteiger charge is 2.03. The van der Waals surface area contributed by atoms with Crippen LogP contribution in [0.15, 0.2) is 42.6 Å². The van der Waals surface area contributed by atoms with E-state index in [9.17, 15) is 0 Å². The van der Waals surface area contributed by atoms with Gasteiger partial charge in [-0.15, -0.1) is 0 Å². The van der Waals surface area contributed by atoms with Gasteiger partial charge in [-0.2, -0.15) is 0 Å². The van der Waals surface area contributed by atoms with Crippen LogP contribution in [0, 0.1) is 6.20 Å². The first kappa shape index (κ1) is 9.84. The molecule has 0 fully saturated rings. The van der Waals surface area contributed by atoms with Crippen molar-refractivity contribution < 1.29 is 4.74 Å². The van der Waals surface area contributed by atoms with Crippen molar-refractivity contribution in [1.29, 1.82) is 0 Å². The fourth-order valence-corrected chi connectivity index (χ4v) is 1.44. The summed E-state index contributed by atoms with van der Waals surface area (Å²) in [5.74, 6) is 0.909. The van der Waals surface area contributed by atoms with Gasteiger partial charge in [-0.25, -0.2) is 0 Å². The van der Waals surface area contributed by atoms with Gasteiger partial charge >= 0.3 is 0 Å². The van der Waals surface area contributed by atoms with Crippen molar-refractivity contribution in [2.24, 2.45) is 0 Å². The molecule has 15 heavy (non-hydrogen) atoms. The quantitative estimate of drug-likeness (QED) is 0.739. The van der Waals surface area contributed by atoms with Gasteiger partial charge in [0.1, 0.15) is 5.75 Å². The maximum Gasteiger partial charge on any atom is 0.143 e. The summed E-state index contributed by atoms with van der Waals surface area (Å²) in [5.41, 5.74) is 1.04. The van der Waals surface area contributed by atoms with E-state index in [1.54, 1.807) is 0 Å². The van der Waals surface area contributed by atoms with Crippen LogP contribution in [0.5, 0.6) is 5.75 Å². The lowest BCUT2D eigenvalue weighted by molar-refractivity contribution is 0.316. The fourth-order valence-electron chi connectivity index (χ4n) is 1.44. The molecule has 2 rings (SSSR count). The first-order chi connectivity index (χ1) is 7.42. The predicted octanol–water partition coefficient (Wildman–Crippen LogP) is 3.07. The van der Waals surface area contributed by atoms with Crippen molar-refractivity contribution in [3.8, 4) is 11.4 Å². The highest BCUT2D eigenvalue weighted by Crippen LogP contribution is 2.22. The summed E-state index contributed by atoms with van der Waals surface area (Å²) in [7, 11) is 0. The lowest BCUT2D eigenvalue weighted by atomic mass is 10.3. The molecular weight excluding hydrogens is 186 g/mol. The molecule has 0 bridgehead atoms. The van der Waals surface area contributed by atoms with Gasteiger partial charge in [0.25, 0.3) is 0 Å². The molecule has 1 heterocycles. The normalized spacial score (nSPS) is 10.2. The molecule has 0 spiro atoms. The summed E-state index contributed by atoms with van der Waals surface area (Å²) in [4.78, 5) is 0. The minimum atomic E-state index is 0.748. The summed E-state index contributed by atoms with van der Waals surface area (Å²) in [6.07, 6.45) is 6.09. The molecule has 2 nitrogen and oxygen atoms in total. The molecule has 2 aromatic rings. The van der Waals surface area contributed by atoms with Crippen LogP contribution in [-0.2, 0) is 0 Å². The van der Waals surface area contributed by atoms with Crippen LogP contribution in [0.3, 0.4) is 0 Å². The monoisotopic (exact) mass is 200 g/mol. The molecule has 1 aromatic heterocycles. The van der Waals surface area contributed by atoms with Crippen LogP contribution in [0.1, 0.15) is 13.3 Å². The molecule has 0 unspecified atom stereocenters. The molecule has 2 heteroatoms. The van der Waals surface area contributed by atoms with Crippen molar-refractivity contribution in [2.45, 2.75) is 13.3 Å². The summed E-state index contributed by atoms with van der Waals surface area (Å²) in [6.45, 7) is 2.85. The van der Waals surface area contributed by atoms with Gasteiger partial charge in [0.15, 0.2) is 0 Å². The highest BCUT2D eigenvalue weighted by molar-refractivity contribution is 5.46. The van der Waals surface area contributed by atoms with E-state index >= 15 is 0 Å². The molecule has 77 valence electrons. The van der Waals surface area contributed by atoms with Crippen molar-refractivity contribution >= 4 is 0 Å². The van der Waals surface area contributed by atoms with Gasteiger partial charge in [-0.05, 0) is 30.7 Å². The highest BCUT2D eigenvalue weighted by atomic mass is 16.5. The Hall–Kier alpha value is -1.70. The SMILES string of the molecule is CCCOc1ccccc1-n1[c]ccc1. The molecule has 0 saturated carbocycles. The van der Waals surface area contributed by atoms with Crippen LogP contribution in [0.4, 0.5) is 0 Å². The van der Waals surface area contributed by atoms with E-state index in [0.717, 1.165) is 24.5 Å². The Bertz CT molecular complexity index is 406. The molecule has 0 aliphatic carbocycles. The van der Waals surface area contributed by atoms with Crippen LogP contribution in [0.25, 0.3) is 5.69 Å². The van der Waals surface area contributed by atoms with Crippen molar-refractivity contribution in [3.63, 3.8) is 0 Å². The van der Waals surface area contributed by atoms with Crippen LogP contribution in [-0.4, -0.2) is 11.2 Å². The zero-order chi connectivity index (χ0) is 10.5. The van der Waals surface area contributed by atoms with Crippen LogP contribution < -0.4 is 4.74 Å². The molecule has 0 N–H and O–H groups in total. The summed E-state index contributed by atoms with van der Waals surface area (Å²) < 4.78 is 7.60. The zero-order valence-corrected chi connectivity index (χ0v) is 8.81. The lowest BCUT2D eigenvalue weighted by Gasteiger charge is -2.10. The zero-order valence-electron chi connectivity index (χ0n) is 8.81. The van der Waals surface area contributed by atoms with E-state index in [4.69, 9.17) is 4.74 Å². The standard InChI is InChI=1S/C13H14NO/c1-2-11-15-13-8-4-3-7-12(13)14-9-5-6-10-14/h3-9H,2,11H2,1H3. The number of nitrogens with zero attached hydrogens (tertiary/aromatic N) is 1. The maximum atomic E-state index is 5.67. The Morgan fingerprint density at radius 2 is 2.13 bits per heavy atom. The first-order valence-corrected chi connectivity index (χ1v) is 5.19. The average molecular weight is 200 g/mol. The van der Waals surface area contributed by atoms with E-state index < -0.39 is 0 Å². The Morgan fingerprint density at radius 1 is 1.27 bits per heavy atom. The topological polar surface area (TPSA) is 14.2 Å². The average Bonchev–Trinajstić information content (AvgIpc) is 2.80. The van der Waals surface area contributed by atoms with Crippen molar-refractivity contribution in [1.82, 2.24) is 4.57 Å². The summed E-state index contributed by atoms with van der Waals surface area (Å²) in [6, 6.07) is 11.8. The fraction of sp³-hybridized carbons (Fsp3) is 0.231. The number of hydrogen-bond donors (Lipinski definition) is 0. The van der Waals surface area contributed by atoms with E-state index in [-0.39, 0.29) is 0 Å². The summed E-state index contributed by atoms with van der Waals surface area (Å²) in [5, 5.41) is 0. The second kappa shape index (κ2) is 4.69. The van der Waals surface area contributed by atoms with Gasteiger partial charge in [0.05, 0.1) is 18.5 Å². The second-order valence-corrected chi connectivity index (χ2v) is 3.32. The Balaban J connectivity index is 2.30. The molecular formula is C13H14NO. The lowest BCUT2D eigenvalue weighted by Crippen LogP contribution is -2.00. The largest absolute Gasteiger partial charge is 0.491 e. The molecule has 1 aromatic carbocycles. The smallest absolute Gasteiger partial charge is 0.143 e. The number of aromatic nitrogens is 1.